The summed E-state index contributed by atoms with van der Waals surface area (Å²) < 4.78 is 40.8. The van der Waals surface area contributed by atoms with Crippen molar-refractivity contribution in [2.75, 3.05) is 13.2 Å². The van der Waals surface area contributed by atoms with Gasteiger partial charge in [0.05, 0.1) is 12.7 Å². The molecule has 4 rings (SSSR count). The number of alkyl halides is 2. The molecule has 0 aromatic heterocycles. The minimum atomic E-state index is -3.69. The fourth-order valence-electron chi connectivity index (χ4n) is 4.58. The average molecular weight is 529 g/mol. The van der Waals surface area contributed by atoms with E-state index in [9.17, 15) is 28.0 Å². The van der Waals surface area contributed by atoms with Gasteiger partial charge in [0.15, 0.2) is 0 Å². The van der Waals surface area contributed by atoms with E-state index in [-0.39, 0.29) is 56.1 Å². The summed E-state index contributed by atoms with van der Waals surface area (Å²) in [4.78, 5) is 50.4. The molecule has 0 radical (unpaired) electrons. The second kappa shape index (κ2) is 11.4. The van der Waals surface area contributed by atoms with Crippen LogP contribution in [0.5, 0.6) is 5.75 Å². The van der Waals surface area contributed by atoms with Crippen molar-refractivity contribution in [2.24, 2.45) is 0 Å². The quantitative estimate of drug-likeness (QED) is 0.354. The molecule has 3 amide bonds. The lowest BCUT2D eigenvalue weighted by atomic mass is 9.97. The van der Waals surface area contributed by atoms with Gasteiger partial charge in [-0.2, -0.15) is 8.78 Å². The molecule has 0 aliphatic carbocycles. The van der Waals surface area contributed by atoms with Crippen LogP contribution in [-0.4, -0.2) is 53.8 Å². The van der Waals surface area contributed by atoms with Gasteiger partial charge in [0.25, 0.3) is 5.91 Å². The van der Waals surface area contributed by atoms with E-state index in [4.69, 9.17) is 9.47 Å². The van der Waals surface area contributed by atoms with Crippen LogP contribution in [0.15, 0.2) is 42.5 Å². The van der Waals surface area contributed by atoms with Gasteiger partial charge < -0.3 is 14.4 Å². The summed E-state index contributed by atoms with van der Waals surface area (Å²) in [6, 6.07) is 9.51. The summed E-state index contributed by atoms with van der Waals surface area (Å²) in [6.07, 6.45) is 0.0988. The molecule has 202 valence electrons. The molecule has 1 atom stereocenters. The van der Waals surface area contributed by atoms with Gasteiger partial charge in [0.2, 0.25) is 17.6 Å². The minimum absolute atomic E-state index is 0.0299. The number of rotatable bonds is 11. The number of hydrogen-bond acceptors (Lipinski definition) is 6. The van der Waals surface area contributed by atoms with E-state index >= 15 is 0 Å². The number of nitrogens with zero attached hydrogens (tertiary/aromatic N) is 1. The standard InChI is InChI=1S/C28H30F2N2O6/c1-17(2)37-12-13-38-21-5-3-4-20(15-21)28(29,30)24(33)10-7-18-6-8-22-19(14-18)16-32(27(22)36)23-9-11-25(34)31-26(23)35/h3-6,8,14-15,17,23H,7,9-13,16H2,1-2H3,(H,31,34,35). The lowest BCUT2D eigenvalue weighted by molar-refractivity contribution is -0.144. The van der Waals surface area contributed by atoms with E-state index in [1.54, 1.807) is 24.3 Å². The predicted octanol–water partition coefficient (Wildman–Crippen LogP) is 3.55. The zero-order valence-corrected chi connectivity index (χ0v) is 21.3. The molecule has 2 aliphatic rings. The van der Waals surface area contributed by atoms with Crippen LogP contribution in [0.1, 0.15) is 60.2 Å². The molecule has 1 N–H and O–H groups in total. The summed E-state index contributed by atoms with van der Waals surface area (Å²) in [6.45, 7) is 4.45. The van der Waals surface area contributed by atoms with Crippen molar-refractivity contribution in [1.29, 1.82) is 0 Å². The molecule has 8 nitrogen and oxygen atoms in total. The van der Waals surface area contributed by atoms with E-state index in [0.29, 0.717) is 23.3 Å². The molecule has 2 aromatic rings. The van der Waals surface area contributed by atoms with E-state index < -0.39 is 35.6 Å². The highest BCUT2D eigenvalue weighted by atomic mass is 19.3. The number of halogens is 2. The number of hydrogen-bond donors (Lipinski definition) is 1. The maximum absolute atomic E-state index is 15.0. The lowest BCUT2D eigenvalue weighted by Crippen LogP contribution is -2.52. The monoisotopic (exact) mass is 528 g/mol. The van der Waals surface area contributed by atoms with Crippen LogP contribution in [-0.2, 0) is 38.0 Å². The molecule has 2 heterocycles. The lowest BCUT2D eigenvalue weighted by Gasteiger charge is -2.29. The first-order chi connectivity index (χ1) is 18.1. The second-order valence-electron chi connectivity index (χ2n) is 9.68. The van der Waals surface area contributed by atoms with Crippen LogP contribution < -0.4 is 10.1 Å². The van der Waals surface area contributed by atoms with Crippen molar-refractivity contribution in [1.82, 2.24) is 10.2 Å². The second-order valence-corrected chi connectivity index (χ2v) is 9.68. The Kier molecular flexibility index (Phi) is 8.20. The van der Waals surface area contributed by atoms with Gasteiger partial charge in [-0.25, -0.2) is 0 Å². The van der Waals surface area contributed by atoms with Crippen LogP contribution in [0.4, 0.5) is 8.78 Å². The number of imide groups is 1. The number of ketones is 1. The Labute approximate surface area is 219 Å². The highest BCUT2D eigenvalue weighted by Gasteiger charge is 2.41. The number of nitrogens with one attached hydrogen (secondary N) is 1. The maximum atomic E-state index is 15.0. The predicted molar refractivity (Wildman–Crippen MR) is 133 cm³/mol. The summed E-state index contributed by atoms with van der Waals surface area (Å²) in [7, 11) is 0. The Balaban J connectivity index is 1.36. The Morgan fingerprint density at radius 1 is 1.13 bits per heavy atom. The third-order valence-corrected chi connectivity index (χ3v) is 6.58. The summed E-state index contributed by atoms with van der Waals surface area (Å²) >= 11 is 0. The molecule has 2 aromatic carbocycles. The first kappa shape index (κ1) is 27.4. The Hall–Kier alpha value is -3.66. The molecule has 1 fully saturated rings. The smallest absolute Gasteiger partial charge is 0.330 e. The highest BCUT2D eigenvalue weighted by Crippen LogP contribution is 2.33. The summed E-state index contributed by atoms with van der Waals surface area (Å²) in [5.74, 6) is -5.88. The molecular formula is C28H30F2N2O6. The van der Waals surface area contributed by atoms with E-state index in [2.05, 4.69) is 5.32 Å². The molecule has 1 saturated heterocycles. The molecule has 1 unspecified atom stereocenters. The summed E-state index contributed by atoms with van der Waals surface area (Å²) in [5, 5.41) is 2.25. The largest absolute Gasteiger partial charge is 0.491 e. The Bertz CT molecular complexity index is 1250. The fourth-order valence-corrected chi connectivity index (χ4v) is 4.58. The average Bonchev–Trinajstić information content (AvgIpc) is 3.20. The molecule has 0 saturated carbocycles. The van der Waals surface area contributed by atoms with Crippen LogP contribution in [0.2, 0.25) is 0 Å². The zero-order chi connectivity index (χ0) is 27.4. The molecule has 0 bridgehead atoms. The van der Waals surface area contributed by atoms with Crippen molar-refractivity contribution >= 4 is 23.5 Å². The third-order valence-electron chi connectivity index (χ3n) is 6.58. The number of benzene rings is 2. The number of Topliss-reactive ketones (excluding diaryl/α,β-unsaturated/α-hetero) is 1. The van der Waals surface area contributed by atoms with Crippen molar-refractivity contribution in [3.05, 3.63) is 64.7 Å². The number of amides is 3. The van der Waals surface area contributed by atoms with Gasteiger partial charge >= 0.3 is 5.92 Å². The number of fused-ring (bicyclic) bond motifs is 1. The van der Waals surface area contributed by atoms with Crippen molar-refractivity contribution in [3.63, 3.8) is 0 Å². The van der Waals surface area contributed by atoms with Crippen LogP contribution in [0.3, 0.4) is 0 Å². The van der Waals surface area contributed by atoms with Crippen molar-refractivity contribution in [3.8, 4) is 5.75 Å². The molecule has 2 aliphatic heterocycles. The molecule has 0 spiro atoms. The van der Waals surface area contributed by atoms with Gasteiger partial charge in [-0.15, -0.1) is 0 Å². The number of aryl methyl sites for hydroxylation is 1. The molecular weight excluding hydrogens is 498 g/mol. The van der Waals surface area contributed by atoms with Crippen molar-refractivity contribution < 1.29 is 37.4 Å². The first-order valence-electron chi connectivity index (χ1n) is 12.6. The first-order valence-corrected chi connectivity index (χ1v) is 12.6. The Morgan fingerprint density at radius 3 is 2.66 bits per heavy atom. The van der Waals surface area contributed by atoms with E-state index in [0.717, 1.165) is 6.07 Å². The summed E-state index contributed by atoms with van der Waals surface area (Å²) in [5.41, 5.74) is 1.27. The number of carbonyl (C=O) groups excluding carboxylic acids is 4. The van der Waals surface area contributed by atoms with Gasteiger partial charge in [-0.1, -0.05) is 24.3 Å². The normalized spacial score (nSPS) is 17.6. The fraction of sp³-hybridized carbons (Fsp3) is 0.429. The van der Waals surface area contributed by atoms with Crippen LogP contribution in [0.25, 0.3) is 0 Å². The van der Waals surface area contributed by atoms with Gasteiger partial charge in [-0.3, -0.25) is 24.5 Å². The van der Waals surface area contributed by atoms with Crippen LogP contribution in [0, 0.1) is 0 Å². The molecule has 38 heavy (non-hydrogen) atoms. The number of ether oxygens (including phenoxy) is 2. The minimum Gasteiger partial charge on any atom is -0.491 e. The third kappa shape index (κ3) is 6.07. The van der Waals surface area contributed by atoms with Gasteiger partial charge in [0.1, 0.15) is 18.4 Å². The van der Waals surface area contributed by atoms with Gasteiger partial charge in [0, 0.05) is 30.5 Å². The highest BCUT2D eigenvalue weighted by molar-refractivity contribution is 6.05. The maximum Gasteiger partial charge on any atom is 0.330 e. The van der Waals surface area contributed by atoms with E-state index in [1.165, 1.54) is 17.0 Å². The van der Waals surface area contributed by atoms with Crippen LogP contribution >= 0.6 is 0 Å². The molecule has 10 heteroatoms. The SMILES string of the molecule is CC(C)OCCOc1cccc(C(F)(F)C(=O)CCc2ccc3c(c2)CN(C2CCC(=O)NC2=O)C3=O)c1. The number of piperidine rings is 1. The number of carbonyl (C=O) groups is 4. The van der Waals surface area contributed by atoms with E-state index in [1.807, 2.05) is 13.8 Å². The zero-order valence-electron chi connectivity index (χ0n) is 21.3. The Morgan fingerprint density at radius 2 is 1.92 bits per heavy atom. The topological polar surface area (TPSA) is 102 Å². The van der Waals surface area contributed by atoms with Gasteiger partial charge in [-0.05, 0) is 56.0 Å². The van der Waals surface area contributed by atoms with Crippen molar-refractivity contribution in [2.45, 2.75) is 64.1 Å².